The number of para-hydroxylation sites is 1. The summed E-state index contributed by atoms with van der Waals surface area (Å²) in [6, 6.07) is 15.8. The van der Waals surface area contributed by atoms with Crippen LogP contribution in [0, 0.1) is 12.7 Å². The quantitative estimate of drug-likeness (QED) is 0.404. The predicted molar refractivity (Wildman–Crippen MR) is 121 cm³/mol. The number of halogens is 2. The maximum absolute atomic E-state index is 15.0. The van der Waals surface area contributed by atoms with Gasteiger partial charge >= 0.3 is 5.97 Å². The minimum absolute atomic E-state index is 0. The smallest absolute Gasteiger partial charge is 0.307 e. The van der Waals surface area contributed by atoms with Crippen LogP contribution in [0.25, 0.3) is 22.1 Å². The van der Waals surface area contributed by atoms with E-state index in [4.69, 9.17) is 20.1 Å². The Labute approximate surface area is 190 Å². The molecular weight excluding hydrogens is 435 g/mol. The van der Waals surface area contributed by atoms with Gasteiger partial charge in [-0.3, -0.25) is 4.79 Å². The number of nitrogens with zero attached hydrogens (tertiary/aromatic N) is 1. The van der Waals surface area contributed by atoms with E-state index in [1.165, 1.54) is 0 Å². The average molecular weight is 457 g/mol. The van der Waals surface area contributed by atoms with Gasteiger partial charge in [0.05, 0.1) is 12.1 Å². The van der Waals surface area contributed by atoms with E-state index in [-0.39, 0.29) is 32.0 Å². The number of carbonyl (C=O) groups is 1. The topological polar surface area (TPSA) is 98.6 Å². The van der Waals surface area contributed by atoms with E-state index in [0.717, 1.165) is 10.9 Å². The van der Waals surface area contributed by atoms with Gasteiger partial charge in [-0.25, -0.2) is 4.39 Å². The molecule has 0 amide bonds. The Bertz CT molecular complexity index is 1270. The highest BCUT2D eigenvalue weighted by molar-refractivity contribution is 5.94. The second-order valence-corrected chi connectivity index (χ2v) is 7.24. The molecule has 4 rings (SSSR count). The van der Waals surface area contributed by atoms with E-state index in [1.54, 1.807) is 48.5 Å². The first-order valence-corrected chi connectivity index (χ1v) is 9.77. The third-order valence-electron chi connectivity index (χ3n) is 5.11. The molecule has 0 saturated heterocycles. The Morgan fingerprint density at radius 2 is 1.88 bits per heavy atom. The first-order chi connectivity index (χ1) is 15.0. The Hall–Kier alpha value is -3.42. The van der Waals surface area contributed by atoms with Gasteiger partial charge < -0.3 is 20.1 Å². The van der Waals surface area contributed by atoms with Gasteiger partial charge in [0.2, 0.25) is 0 Å². The zero-order valence-corrected chi connectivity index (χ0v) is 18.1. The molecule has 0 atom stereocenters. The molecule has 0 spiro atoms. The minimum atomic E-state index is -0.935. The number of aryl methyl sites for hydroxylation is 1. The third kappa shape index (κ3) is 4.59. The van der Waals surface area contributed by atoms with Gasteiger partial charge in [-0.2, -0.15) is 0 Å². The third-order valence-corrected chi connectivity index (χ3v) is 5.11. The number of hydrogen-bond acceptors (Lipinski definition) is 5. The molecule has 3 N–H and O–H groups in total. The van der Waals surface area contributed by atoms with Gasteiger partial charge in [-0.1, -0.05) is 41.6 Å². The SMILES string of the molecule is Cc1noc2c(-c3cccc(CN)c3F)cc(COc3ccccc3CC(=O)O)cc12.Cl. The predicted octanol–water partition coefficient (Wildman–Crippen LogP) is 5.03. The average Bonchev–Trinajstić information content (AvgIpc) is 3.13. The zero-order chi connectivity index (χ0) is 22.0. The Balaban J connectivity index is 0.00000289. The monoisotopic (exact) mass is 456 g/mol. The molecule has 0 bridgehead atoms. The number of fused-ring (bicyclic) bond motifs is 1. The van der Waals surface area contributed by atoms with Crippen LogP contribution in [0.5, 0.6) is 5.75 Å². The molecule has 166 valence electrons. The molecule has 0 aliphatic rings. The van der Waals surface area contributed by atoms with Crippen LogP contribution in [0.2, 0.25) is 0 Å². The van der Waals surface area contributed by atoms with Crippen LogP contribution in [-0.2, 0) is 24.4 Å². The van der Waals surface area contributed by atoms with Crippen LogP contribution in [-0.4, -0.2) is 16.2 Å². The molecule has 0 aliphatic heterocycles. The number of ether oxygens (including phenoxy) is 1. The van der Waals surface area contributed by atoms with Gasteiger partial charge in [0.15, 0.2) is 5.58 Å². The van der Waals surface area contributed by atoms with Crippen molar-refractivity contribution in [3.63, 3.8) is 0 Å². The van der Waals surface area contributed by atoms with Crippen LogP contribution in [0.3, 0.4) is 0 Å². The maximum atomic E-state index is 15.0. The zero-order valence-electron chi connectivity index (χ0n) is 17.3. The fourth-order valence-electron chi connectivity index (χ4n) is 3.56. The molecular formula is C24H22ClFN2O4. The van der Waals surface area contributed by atoms with Crippen molar-refractivity contribution in [1.29, 1.82) is 0 Å². The maximum Gasteiger partial charge on any atom is 0.307 e. The van der Waals surface area contributed by atoms with Crippen molar-refractivity contribution in [2.75, 3.05) is 0 Å². The molecule has 4 aromatic rings. The Kier molecular flexibility index (Phi) is 7.12. The van der Waals surface area contributed by atoms with Crippen LogP contribution in [0.15, 0.2) is 59.1 Å². The number of carboxylic acid groups (broad SMARTS) is 1. The fraction of sp³-hybridized carbons (Fsp3) is 0.167. The normalized spacial score (nSPS) is 10.7. The van der Waals surface area contributed by atoms with Gasteiger partial charge in [-0.15, -0.1) is 12.4 Å². The van der Waals surface area contributed by atoms with Crippen molar-refractivity contribution in [3.05, 3.63) is 82.8 Å². The second kappa shape index (κ2) is 9.80. The largest absolute Gasteiger partial charge is 0.489 e. The molecule has 32 heavy (non-hydrogen) atoms. The summed E-state index contributed by atoms with van der Waals surface area (Å²) in [5, 5.41) is 13.9. The summed E-state index contributed by atoms with van der Waals surface area (Å²) in [6.45, 7) is 2.07. The van der Waals surface area contributed by atoms with Crippen molar-refractivity contribution in [2.45, 2.75) is 26.5 Å². The highest BCUT2D eigenvalue weighted by Crippen LogP contribution is 2.34. The standard InChI is InChI=1S/C24H21FN2O4.ClH/c1-14-19-9-15(13-30-21-8-3-2-5-16(21)11-22(28)29)10-20(24(19)31-27-14)18-7-4-6-17(12-26)23(18)25;/h2-10H,11-13,26H2,1H3,(H,28,29);1H. The molecule has 0 radical (unpaired) electrons. The summed E-state index contributed by atoms with van der Waals surface area (Å²) in [6.07, 6.45) is -0.137. The first kappa shape index (κ1) is 23.2. The lowest BCUT2D eigenvalue weighted by molar-refractivity contribution is -0.136. The van der Waals surface area contributed by atoms with E-state index in [9.17, 15) is 4.79 Å². The van der Waals surface area contributed by atoms with Crippen LogP contribution in [0.1, 0.15) is 22.4 Å². The summed E-state index contributed by atoms with van der Waals surface area (Å²) in [7, 11) is 0. The van der Waals surface area contributed by atoms with Crippen molar-refractivity contribution in [2.24, 2.45) is 5.73 Å². The Morgan fingerprint density at radius 3 is 2.62 bits per heavy atom. The van der Waals surface area contributed by atoms with Gasteiger partial charge in [0.25, 0.3) is 0 Å². The summed E-state index contributed by atoms with van der Waals surface area (Å²) in [5.41, 5.74) is 9.53. The number of hydrogen-bond donors (Lipinski definition) is 2. The van der Waals surface area contributed by atoms with Gasteiger partial charge in [0, 0.05) is 34.2 Å². The van der Waals surface area contributed by atoms with E-state index in [1.807, 2.05) is 13.0 Å². The van der Waals surface area contributed by atoms with E-state index < -0.39 is 11.8 Å². The lowest BCUT2D eigenvalue weighted by atomic mass is 9.97. The number of carboxylic acids is 1. The second-order valence-electron chi connectivity index (χ2n) is 7.24. The van der Waals surface area contributed by atoms with Gasteiger partial charge in [-0.05, 0) is 30.7 Å². The summed E-state index contributed by atoms with van der Waals surface area (Å²) in [4.78, 5) is 11.1. The molecule has 6 nitrogen and oxygen atoms in total. The molecule has 1 aromatic heterocycles. The van der Waals surface area contributed by atoms with Crippen LogP contribution < -0.4 is 10.5 Å². The number of aliphatic carboxylic acids is 1. The van der Waals surface area contributed by atoms with E-state index in [2.05, 4.69) is 5.16 Å². The summed E-state index contributed by atoms with van der Waals surface area (Å²) >= 11 is 0. The molecule has 1 heterocycles. The number of nitrogens with two attached hydrogens (primary N) is 1. The van der Waals surface area contributed by atoms with Crippen molar-refractivity contribution in [3.8, 4) is 16.9 Å². The highest BCUT2D eigenvalue weighted by Gasteiger charge is 2.18. The van der Waals surface area contributed by atoms with Crippen molar-refractivity contribution in [1.82, 2.24) is 5.16 Å². The summed E-state index contributed by atoms with van der Waals surface area (Å²) in [5.74, 6) is -0.842. The highest BCUT2D eigenvalue weighted by atomic mass is 35.5. The molecule has 3 aromatic carbocycles. The number of aromatic nitrogens is 1. The minimum Gasteiger partial charge on any atom is -0.489 e. The number of rotatable bonds is 7. The van der Waals surface area contributed by atoms with E-state index >= 15 is 4.39 Å². The van der Waals surface area contributed by atoms with Crippen LogP contribution in [0.4, 0.5) is 4.39 Å². The lowest BCUT2D eigenvalue weighted by Gasteiger charge is -2.13. The van der Waals surface area contributed by atoms with Gasteiger partial charge in [0.1, 0.15) is 18.2 Å². The van der Waals surface area contributed by atoms with Crippen molar-refractivity contribution < 1.29 is 23.6 Å². The number of benzene rings is 3. The molecule has 0 saturated carbocycles. The van der Waals surface area contributed by atoms with Crippen LogP contribution >= 0.6 is 12.4 Å². The fourth-order valence-corrected chi connectivity index (χ4v) is 3.56. The van der Waals surface area contributed by atoms with E-state index in [0.29, 0.717) is 39.3 Å². The summed E-state index contributed by atoms with van der Waals surface area (Å²) < 4.78 is 26.4. The molecule has 0 aliphatic carbocycles. The lowest BCUT2D eigenvalue weighted by Crippen LogP contribution is -2.04. The molecule has 8 heteroatoms. The molecule has 0 unspecified atom stereocenters. The van der Waals surface area contributed by atoms with Crippen molar-refractivity contribution >= 4 is 29.3 Å². The Morgan fingerprint density at radius 1 is 1.12 bits per heavy atom. The first-order valence-electron chi connectivity index (χ1n) is 9.77. The molecule has 0 fully saturated rings.